The number of carbonyl (C=O) groups excluding carboxylic acids is 2. The number of methoxy groups -OCH3 is 2. The van der Waals surface area contributed by atoms with Gasteiger partial charge in [0.25, 0.3) is 5.91 Å². The van der Waals surface area contributed by atoms with E-state index in [-0.39, 0.29) is 11.1 Å². The zero-order valence-corrected chi connectivity index (χ0v) is 19.8. The average Bonchev–Trinajstić information content (AvgIpc) is 2.86. The third kappa shape index (κ3) is 5.44. The predicted molar refractivity (Wildman–Crippen MR) is 132 cm³/mol. The fourth-order valence-electron chi connectivity index (χ4n) is 4.33. The molecule has 182 valence electrons. The molecule has 1 aliphatic rings. The quantitative estimate of drug-likeness (QED) is 0.515. The number of amides is 2. The zero-order valence-electron chi connectivity index (χ0n) is 19.8. The van der Waals surface area contributed by atoms with Crippen LogP contribution in [-0.2, 0) is 19.4 Å². The van der Waals surface area contributed by atoms with Crippen LogP contribution in [0.4, 0.5) is 10.1 Å². The molecule has 0 spiro atoms. The van der Waals surface area contributed by atoms with Gasteiger partial charge in [-0.25, -0.2) is 4.39 Å². The standard InChI is InChI=1S/C27H28FN3O4/c1-34-23-14-18-11-13-31(16-19(18)15-24(23)35-2)12-10-17-6-8-20(9-7-17)30-27(33)25-21(26(29)32)4-3-5-22(25)28/h3-9,14-15H,10-13,16H2,1-2H3,(H2,29,32)(H,30,33). The molecular formula is C27H28FN3O4. The second-order valence-corrected chi connectivity index (χ2v) is 8.43. The number of rotatable bonds is 8. The van der Waals surface area contributed by atoms with Gasteiger partial charge in [-0.15, -0.1) is 0 Å². The first-order valence-corrected chi connectivity index (χ1v) is 11.3. The Kier molecular flexibility index (Phi) is 7.31. The molecule has 2 amide bonds. The molecule has 0 unspecified atom stereocenters. The zero-order chi connectivity index (χ0) is 24.9. The van der Waals surface area contributed by atoms with E-state index in [1.54, 1.807) is 26.4 Å². The molecule has 0 saturated carbocycles. The summed E-state index contributed by atoms with van der Waals surface area (Å²) in [6.45, 7) is 2.69. The number of nitrogens with two attached hydrogens (primary N) is 1. The van der Waals surface area contributed by atoms with Crippen LogP contribution >= 0.6 is 0 Å². The minimum Gasteiger partial charge on any atom is -0.493 e. The number of hydrogen-bond donors (Lipinski definition) is 2. The van der Waals surface area contributed by atoms with E-state index in [0.717, 1.165) is 55.6 Å². The number of nitrogens with one attached hydrogen (secondary N) is 1. The van der Waals surface area contributed by atoms with E-state index >= 15 is 0 Å². The monoisotopic (exact) mass is 477 g/mol. The Balaban J connectivity index is 1.36. The van der Waals surface area contributed by atoms with Gasteiger partial charge < -0.3 is 20.5 Å². The summed E-state index contributed by atoms with van der Waals surface area (Å²) >= 11 is 0. The summed E-state index contributed by atoms with van der Waals surface area (Å²) in [4.78, 5) is 26.5. The second kappa shape index (κ2) is 10.6. The van der Waals surface area contributed by atoms with Crippen LogP contribution in [0.5, 0.6) is 11.5 Å². The van der Waals surface area contributed by atoms with Crippen molar-refractivity contribution in [3.8, 4) is 11.5 Å². The fraction of sp³-hybridized carbons (Fsp3) is 0.259. The Morgan fingerprint density at radius 1 is 1.03 bits per heavy atom. The smallest absolute Gasteiger partial charge is 0.259 e. The topological polar surface area (TPSA) is 93.9 Å². The largest absolute Gasteiger partial charge is 0.493 e. The summed E-state index contributed by atoms with van der Waals surface area (Å²) < 4.78 is 25.0. The Morgan fingerprint density at radius 3 is 2.37 bits per heavy atom. The number of nitrogens with zero attached hydrogens (tertiary/aromatic N) is 1. The molecule has 3 aromatic carbocycles. The van der Waals surface area contributed by atoms with E-state index in [2.05, 4.69) is 22.3 Å². The molecule has 8 heteroatoms. The first kappa shape index (κ1) is 24.2. The lowest BCUT2D eigenvalue weighted by atomic mass is 9.98. The molecule has 0 aliphatic carbocycles. The van der Waals surface area contributed by atoms with Crippen LogP contribution in [0.15, 0.2) is 54.6 Å². The van der Waals surface area contributed by atoms with Crippen molar-refractivity contribution in [2.24, 2.45) is 5.73 Å². The molecule has 0 bridgehead atoms. The van der Waals surface area contributed by atoms with E-state index in [9.17, 15) is 14.0 Å². The molecule has 3 aromatic rings. The molecule has 0 saturated heterocycles. The van der Waals surface area contributed by atoms with Gasteiger partial charge in [-0.05, 0) is 65.9 Å². The number of carbonyl (C=O) groups is 2. The van der Waals surface area contributed by atoms with Gasteiger partial charge in [0.1, 0.15) is 5.82 Å². The van der Waals surface area contributed by atoms with Crippen LogP contribution in [0.25, 0.3) is 0 Å². The van der Waals surface area contributed by atoms with Crippen LogP contribution in [0, 0.1) is 5.82 Å². The first-order valence-electron chi connectivity index (χ1n) is 11.3. The van der Waals surface area contributed by atoms with Crippen molar-refractivity contribution in [2.75, 3.05) is 32.6 Å². The highest BCUT2D eigenvalue weighted by Gasteiger charge is 2.21. The molecule has 0 fully saturated rings. The van der Waals surface area contributed by atoms with Gasteiger partial charge >= 0.3 is 0 Å². The van der Waals surface area contributed by atoms with Gasteiger partial charge in [0.15, 0.2) is 11.5 Å². The maximum Gasteiger partial charge on any atom is 0.259 e. The van der Waals surface area contributed by atoms with Gasteiger partial charge in [-0.2, -0.15) is 0 Å². The van der Waals surface area contributed by atoms with E-state index in [1.807, 2.05) is 12.1 Å². The highest BCUT2D eigenvalue weighted by Crippen LogP contribution is 2.33. The molecule has 1 aliphatic heterocycles. The summed E-state index contributed by atoms with van der Waals surface area (Å²) in [7, 11) is 3.29. The minimum absolute atomic E-state index is 0.154. The molecule has 1 heterocycles. The van der Waals surface area contributed by atoms with E-state index in [4.69, 9.17) is 15.2 Å². The van der Waals surface area contributed by atoms with Crippen molar-refractivity contribution < 1.29 is 23.5 Å². The minimum atomic E-state index is -0.858. The van der Waals surface area contributed by atoms with E-state index < -0.39 is 17.6 Å². The first-order chi connectivity index (χ1) is 16.9. The molecule has 0 aromatic heterocycles. The number of primary amides is 1. The Morgan fingerprint density at radius 2 is 1.71 bits per heavy atom. The number of fused-ring (bicyclic) bond motifs is 1. The predicted octanol–water partition coefficient (Wildman–Crippen LogP) is 3.79. The molecule has 0 atom stereocenters. The van der Waals surface area contributed by atoms with E-state index in [1.165, 1.54) is 23.3 Å². The average molecular weight is 478 g/mol. The second-order valence-electron chi connectivity index (χ2n) is 8.43. The highest BCUT2D eigenvalue weighted by atomic mass is 19.1. The number of benzene rings is 3. The summed E-state index contributed by atoms with van der Waals surface area (Å²) in [5, 5.41) is 2.64. The lowest BCUT2D eigenvalue weighted by Crippen LogP contribution is -2.32. The van der Waals surface area contributed by atoms with Crippen LogP contribution in [0.3, 0.4) is 0 Å². The Bertz CT molecular complexity index is 1240. The van der Waals surface area contributed by atoms with Gasteiger partial charge in [0, 0.05) is 25.3 Å². The maximum absolute atomic E-state index is 14.2. The van der Waals surface area contributed by atoms with Gasteiger partial charge in [0.05, 0.1) is 25.3 Å². The Hall–Kier alpha value is -3.91. The van der Waals surface area contributed by atoms with Crippen LogP contribution in [0.1, 0.15) is 37.4 Å². The van der Waals surface area contributed by atoms with Crippen molar-refractivity contribution in [2.45, 2.75) is 19.4 Å². The number of anilines is 1. The molecular weight excluding hydrogens is 449 g/mol. The third-order valence-electron chi connectivity index (χ3n) is 6.23. The molecule has 3 N–H and O–H groups in total. The van der Waals surface area contributed by atoms with Gasteiger partial charge in [-0.1, -0.05) is 18.2 Å². The molecule has 4 rings (SSSR count). The summed E-state index contributed by atoms with van der Waals surface area (Å²) in [5.74, 6) is -0.877. The summed E-state index contributed by atoms with van der Waals surface area (Å²) in [6, 6.07) is 15.3. The summed E-state index contributed by atoms with van der Waals surface area (Å²) in [5.41, 5.74) is 8.92. The Labute approximate surface area is 203 Å². The van der Waals surface area contributed by atoms with Crippen molar-refractivity contribution in [1.29, 1.82) is 0 Å². The lowest BCUT2D eigenvalue weighted by Gasteiger charge is -2.29. The number of halogens is 1. The molecule has 35 heavy (non-hydrogen) atoms. The van der Waals surface area contributed by atoms with Crippen molar-refractivity contribution in [1.82, 2.24) is 4.90 Å². The van der Waals surface area contributed by atoms with Gasteiger partial charge in [0.2, 0.25) is 5.91 Å². The van der Waals surface area contributed by atoms with E-state index in [0.29, 0.717) is 5.69 Å². The van der Waals surface area contributed by atoms with Crippen molar-refractivity contribution in [3.63, 3.8) is 0 Å². The van der Waals surface area contributed by atoms with Crippen LogP contribution in [0.2, 0.25) is 0 Å². The molecule has 7 nitrogen and oxygen atoms in total. The normalized spacial score (nSPS) is 13.1. The fourth-order valence-corrected chi connectivity index (χ4v) is 4.33. The van der Waals surface area contributed by atoms with Crippen molar-refractivity contribution in [3.05, 3.63) is 88.2 Å². The lowest BCUT2D eigenvalue weighted by molar-refractivity contribution is 0.0974. The van der Waals surface area contributed by atoms with Crippen LogP contribution in [-0.4, -0.2) is 44.0 Å². The number of hydrogen-bond acceptors (Lipinski definition) is 5. The van der Waals surface area contributed by atoms with Gasteiger partial charge in [-0.3, -0.25) is 14.5 Å². The highest BCUT2D eigenvalue weighted by molar-refractivity contribution is 6.12. The molecule has 0 radical (unpaired) electrons. The van der Waals surface area contributed by atoms with Crippen LogP contribution < -0.4 is 20.5 Å². The SMILES string of the molecule is COc1cc2c(cc1OC)CN(CCc1ccc(NC(=O)c3c(F)cccc3C(N)=O)cc1)CC2. The summed E-state index contributed by atoms with van der Waals surface area (Å²) in [6.07, 6.45) is 1.79. The third-order valence-corrected chi connectivity index (χ3v) is 6.23. The van der Waals surface area contributed by atoms with Crippen molar-refractivity contribution >= 4 is 17.5 Å². The maximum atomic E-state index is 14.2. The number of ether oxygens (including phenoxy) is 2.